The van der Waals surface area contributed by atoms with E-state index in [2.05, 4.69) is 12.4 Å². The second-order valence-corrected chi connectivity index (χ2v) is 9.76. The zero-order valence-corrected chi connectivity index (χ0v) is 18.3. The molecule has 3 N–H and O–H groups in total. The lowest BCUT2D eigenvalue weighted by Gasteiger charge is -2.50. The van der Waals surface area contributed by atoms with Crippen molar-refractivity contribution < 1.29 is 29.1 Å². The first-order chi connectivity index (χ1) is 14.9. The first kappa shape index (κ1) is 21.9. The fourth-order valence-electron chi connectivity index (χ4n) is 5.05. The number of carbonyl (C=O) groups is 3. The number of thioether (sulfide) groups is 1. The van der Waals surface area contributed by atoms with Gasteiger partial charge in [-0.1, -0.05) is 18.2 Å². The molecule has 1 aromatic carbocycles. The number of likely N-dealkylation sites (tertiary alicyclic amines) is 1. The molecule has 0 spiro atoms. The summed E-state index contributed by atoms with van der Waals surface area (Å²) >= 11 is 1.50. The smallest absolute Gasteiger partial charge is 0.352 e. The quantitative estimate of drug-likeness (QED) is 0.427. The van der Waals surface area contributed by atoms with E-state index < -0.39 is 17.4 Å². The molecular weight excluding hydrogens is 418 g/mol. The molecular formula is C22H28N3O5S+. The van der Waals surface area contributed by atoms with E-state index in [0.717, 1.165) is 25.0 Å². The van der Waals surface area contributed by atoms with Crippen LogP contribution in [0.25, 0.3) is 0 Å². The van der Waals surface area contributed by atoms with Crippen molar-refractivity contribution in [1.29, 1.82) is 0 Å². The van der Waals surface area contributed by atoms with E-state index in [1.54, 1.807) is 24.3 Å². The summed E-state index contributed by atoms with van der Waals surface area (Å²) in [5, 5.41) is 21.7. The lowest BCUT2D eigenvalue weighted by molar-refractivity contribution is -0.917. The number of carboxylic acids is 1. The molecule has 31 heavy (non-hydrogen) atoms. The van der Waals surface area contributed by atoms with Gasteiger partial charge >= 0.3 is 5.97 Å². The number of rotatable bonds is 7. The van der Waals surface area contributed by atoms with E-state index in [1.807, 2.05) is 6.07 Å². The third-order valence-corrected chi connectivity index (χ3v) is 8.01. The van der Waals surface area contributed by atoms with Crippen molar-refractivity contribution in [3.8, 4) is 0 Å². The first-order valence-corrected chi connectivity index (χ1v) is 11.6. The monoisotopic (exact) mass is 446 g/mol. The Morgan fingerprint density at radius 3 is 2.71 bits per heavy atom. The Labute approximate surface area is 185 Å². The van der Waals surface area contributed by atoms with Crippen molar-refractivity contribution >= 4 is 29.5 Å². The van der Waals surface area contributed by atoms with Gasteiger partial charge in [-0.15, -0.1) is 11.8 Å². The average Bonchev–Trinajstić information content (AvgIpc) is 3.12. The Morgan fingerprint density at radius 2 is 2.03 bits per heavy atom. The number of hydrogen-bond acceptors (Lipinski definition) is 5. The molecule has 3 aliphatic heterocycles. The van der Waals surface area contributed by atoms with Gasteiger partial charge in [0.2, 0.25) is 0 Å². The molecule has 3 heterocycles. The van der Waals surface area contributed by atoms with E-state index in [1.165, 1.54) is 16.7 Å². The molecule has 0 bridgehead atoms. The largest absolute Gasteiger partial charge is 0.477 e. The highest BCUT2D eigenvalue weighted by molar-refractivity contribution is 8.00. The van der Waals surface area contributed by atoms with Crippen LogP contribution in [0.2, 0.25) is 0 Å². The number of nitrogens with zero attached hydrogens (tertiary/aromatic N) is 2. The van der Waals surface area contributed by atoms with Gasteiger partial charge < -0.3 is 20.0 Å². The highest BCUT2D eigenvalue weighted by atomic mass is 32.2. The summed E-state index contributed by atoms with van der Waals surface area (Å²) < 4.78 is 0.689. The van der Waals surface area contributed by atoms with Gasteiger partial charge in [-0.3, -0.25) is 14.5 Å². The van der Waals surface area contributed by atoms with Crippen LogP contribution in [0.3, 0.4) is 0 Å². The molecule has 2 fully saturated rings. The molecule has 4 rings (SSSR count). The number of aliphatic hydroxyl groups is 1. The first-order valence-electron chi connectivity index (χ1n) is 10.6. The standard InChI is InChI=1S/C22H27N3O5S/c1-25(10-5-8-16(25)9-11-26)12-15-13-31-21-17(20(28)24(21)18(15)22(29)30)23-19(27)14-6-3-2-4-7-14/h2-4,6-7,16-17,21,26H,5,8-13H2,1H3,(H-,23,27,29,30)/p+1/t16?,17?,21-,25?/m0/s1. The third kappa shape index (κ3) is 3.97. The summed E-state index contributed by atoms with van der Waals surface area (Å²) in [7, 11) is 2.11. The van der Waals surface area contributed by atoms with Crippen LogP contribution in [-0.2, 0) is 9.59 Å². The van der Waals surface area contributed by atoms with Crippen molar-refractivity contribution in [2.45, 2.75) is 36.7 Å². The number of amides is 2. The van der Waals surface area contributed by atoms with Gasteiger partial charge in [-0.25, -0.2) is 4.79 Å². The maximum absolute atomic E-state index is 12.9. The molecule has 3 unspecified atom stereocenters. The zero-order valence-electron chi connectivity index (χ0n) is 17.5. The fourth-order valence-corrected chi connectivity index (χ4v) is 6.39. The minimum Gasteiger partial charge on any atom is -0.477 e. The van der Waals surface area contributed by atoms with Crippen LogP contribution in [0, 0.1) is 0 Å². The number of nitrogens with one attached hydrogen (secondary N) is 1. The second kappa shape index (κ2) is 8.64. The van der Waals surface area contributed by atoms with Crippen molar-refractivity contribution in [1.82, 2.24) is 10.2 Å². The van der Waals surface area contributed by atoms with Crippen molar-refractivity contribution in [2.24, 2.45) is 0 Å². The van der Waals surface area contributed by atoms with Crippen LogP contribution in [0.4, 0.5) is 0 Å². The van der Waals surface area contributed by atoms with E-state index in [9.17, 15) is 24.6 Å². The summed E-state index contributed by atoms with van der Waals surface area (Å²) in [6.45, 7) is 1.60. The highest BCUT2D eigenvalue weighted by Gasteiger charge is 2.55. The Balaban J connectivity index is 1.52. The molecule has 166 valence electrons. The summed E-state index contributed by atoms with van der Waals surface area (Å²) in [5.41, 5.74) is 1.28. The molecule has 8 nitrogen and oxygen atoms in total. The Morgan fingerprint density at radius 1 is 1.29 bits per heavy atom. The van der Waals surface area contributed by atoms with Crippen molar-refractivity contribution in [3.05, 3.63) is 47.2 Å². The molecule has 2 amide bonds. The fraction of sp³-hybridized carbons (Fsp3) is 0.500. The minimum absolute atomic E-state index is 0.0629. The minimum atomic E-state index is -1.11. The number of quaternary nitrogens is 1. The molecule has 3 aliphatic rings. The molecule has 0 aliphatic carbocycles. The van der Waals surface area contributed by atoms with Crippen LogP contribution in [0.5, 0.6) is 0 Å². The van der Waals surface area contributed by atoms with Crippen LogP contribution >= 0.6 is 11.8 Å². The Kier molecular flexibility index (Phi) is 6.09. The molecule has 0 aromatic heterocycles. The normalized spacial score (nSPS) is 30.1. The molecule has 9 heteroatoms. The maximum atomic E-state index is 12.9. The maximum Gasteiger partial charge on any atom is 0.352 e. The third-order valence-electron chi connectivity index (χ3n) is 6.67. The summed E-state index contributed by atoms with van der Waals surface area (Å²) in [6.07, 6.45) is 2.75. The molecule has 0 saturated carbocycles. The highest BCUT2D eigenvalue weighted by Crippen LogP contribution is 2.42. The van der Waals surface area contributed by atoms with Gasteiger partial charge in [-0.2, -0.15) is 0 Å². The molecule has 4 atom stereocenters. The predicted octanol–water partition coefficient (Wildman–Crippen LogP) is 1.03. The number of aliphatic carboxylic acids is 1. The SMILES string of the molecule is C[N+]1(CC2=C(C(=O)O)N3C(=O)C(NC(=O)c4ccccc4)[C@@H]3SC2)CCCC1CCO. The van der Waals surface area contributed by atoms with Crippen LogP contribution < -0.4 is 5.32 Å². The zero-order chi connectivity index (χ0) is 22.2. The number of likely N-dealkylation sites (N-methyl/N-ethyl adjacent to an activating group) is 1. The van der Waals surface area contributed by atoms with Gasteiger partial charge in [0.1, 0.15) is 23.7 Å². The average molecular weight is 447 g/mol. The molecule has 0 radical (unpaired) electrons. The Hall–Kier alpha value is -2.36. The van der Waals surface area contributed by atoms with Crippen LogP contribution in [0.1, 0.15) is 29.6 Å². The summed E-state index contributed by atoms with van der Waals surface area (Å²) in [5.74, 6) is -1.32. The number of hydrogen-bond donors (Lipinski definition) is 3. The van der Waals surface area contributed by atoms with E-state index in [4.69, 9.17) is 0 Å². The van der Waals surface area contributed by atoms with Gasteiger partial charge in [0.25, 0.3) is 11.8 Å². The van der Waals surface area contributed by atoms with Gasteiger partial charge in [0.15, 0.2) is 0 Å². The van der Waals surface area contributed by atoms with E-state index >= 15 is 0 Å². The van der Waals surface area contributed by atoms with Crippen molar-refractivity contribution in [2.75, 3.05) is 32.5 Å². The number of carboxylic acid groups (broad SMARTS) is 1. The number of aliphatic hydroxyl groups excluding tert-OH is 1. The second-order valence-electron chi connectivity index (χ2n) is 8.65. The number of fused-ring (bicyclic) bond motifs is 1. The predicted molar refractivity (Wildman–Crippen MR) is 116 cm³/mol. The van der Waals surface area contributed by atoms with Crippen molar-refractivity contribution in [3.63, 3.8) is 0 Å². The molecule has 1 aromatic rings. The lowest BCUT2D eigenvalue weighted by Crippen LogP contribution is -2.70. The van der Waals surface area contributed by atoms with E-state index in [0.29, 0.717) is 34.8 Å². The summed E-state index contributed by atoms with van der Waals surface area (Å²) in [6, 6.07) is 8.23. The Bertz CT molecular complexity index is 921. The van der Waals surface area contributed by atoms with Gasteiger partial charge in [-0.05, 0) is 12.1 Å². The van der Waals surface area contributed by atoms with Crippen LogP contribution in [-0.4, -0.2) is 87.3 Å². The number of carbonyl (C=O) groups excluding carboxylic acids is 2. The number of benzene rings is 1. The van der Waals surface area contributed by atoms with Gasteiger partial charge in [0.05, 0.1) is 19.6 Å². The lowest BCUT2D eigenvalue weighted by atomic mass is 10.0. The molecule has 2 saturated heterocycles. The van der Waals surface area contributed by atoms with E-state index in [-0.39, 0.29) is 24.1 Å². The number of β-lactam (4-membered cyclic amide) rings is 1. The van der Waals surface area contributed by atoms with Crippen LogP contribution in [0.15, 0.2) is 41.6 Å². The van der Waals surface area contributed by atoms with Gasteiger partial charge in [0, 0.05) is 42.8 Å². The topological polar surface area (TPSA) is 107 Å². The summed E-state index contributed by atoms with van der Waals surface area (Å²) in [4.78, 5) is 38.8.